The molecule has 142 valence electrons. The van der Waals surface area contributed by atoms with Crippen molar-refractivity contribution in [2.75, 3.05) is 34.8 Å². The standard InChI is InChI=1S/C21H24IN3O2/c1-25(13-8-7-12-22)19-17-11-14-27-21(17)23-15-18(19)24-20(26)16-9-5-3-2-4-6-10-16/h2-6,9-10,15H,7-8,11-14H2,1H3,(H,24,26)/b3-2-,4-2?,5-3?,6-4-,9-5?,10-6?,16-9?,16-10?. The monoisotopic (exact) mass is 477 g/mol. The molecule has 0 aromatic carbocycles. The van der Waals surface area contributed by atoms with Crippen LogP contribution in [0.2, 0.25) is 0 Å². The third-order valence-corrected chi connectivity index (χ3v) is 5.23. The quantitative estimate of drug-likeness (QED) is 0.363. The van der Waals surface area contributed by atoms with Crippen molar-refractivity contribution in [1.82, 2.24) is 4.98 Å². The summed E-state index contributed by atoms with van der Waals surface area (Å²) in [6.45, 7) is 1.57. The van der Waals surface area contributed by atoms with Crippen LogP contribution >= 0.6 is 22.6 Å². The number of ether oxygens (including phenoxy) is 1. The molecule has 0 saturated heterocycles. The van der Waals surface area contributed by atoms with Crippen molar-refractivity contribution in [3.63, 3.8) is 0 Å². The number of unbranched alkanes of at least 4 members (excludes halogenated alkanes) is 1. The van der Waals surface area contributed by atoms with Crippen LogP contribution in [-0.4, -0.2) is 35.5 Å². The summed E-state index contributed by atoms with van der Waals surface area (Å²) in [5.74, 6) is 0.538. The lowest BCUT2D eigenvalue weighted by Crippen LogP contribution is -2.23. The van der Waals surface area contributed by atoms with Crippen LogP contribution in [0.25, 0.3) is 0 Å². The number of amides is 1. The van der Waals surface area contributed by atoms with Crippen LogP contribution in [0.1, 0.15) is 18.4 Å². The number of carbonyl (C=O) groups is 1. The van der Waals surface area contributed by atoms with E-state index in [0.717, 1.165) is 40.8 Å². The maximum Gasteiger partial charge on any atom is 0.255 e. The molecule has 27 heavy (non-hydrogen) atoms. The predicted octanol–water partition coefficient (Wildman–Crippen LogP) is 4.22. The second-order valence-corrected chi connectivity index (χ2v) is 7.50. The topological polar surface area (TPSA) is 54.5 Å². The van der Waals surface area contributed by atoms with E-state index in [1.54, 1.807) is 6.20 Å². The van der Waals surface area contributed by atoms with Gasteiger partial charge in [0.2, 0.25) is 5.88 Å². The lowest BCUT2D eigenvalue weighted by atomic mass is 10.1. The third kappa shape index (κ3) is 5.00. The van der Waals surface area contributed by atoms with Gasteiger partial charge < -0.3 is 15.0 Å². The summed E-state index contributed by atoms with van der Waals surface area (Å²) in [6.07, 6.45) is 17.9. The van der Waals surface area contributed by atoms with Gasteiger partial charge in [-0.2, -0.15) is 0 Å². The molecular formula is C21H24IN3O2. The first-order valence-corrected chi connectivity index (χ1v) is 10.7. The Hall–Kier alpha value is -2.09. The average Bonchev–Trinajstić information content (AvgIpc) is 3.09. The van der Waals surface area contributed by atoms with Gasteiger partial charge in [-0.25, -0.2) is 4.98 Å². The second-order valence-electron chi connectivity index (χ2n) is 6.43. The minimum absolute atomic E-state index is 0.145. The minimum atomic E-state index is -0.145. The smallest absolute Gasteiger partial charge is 0.255 e. The van der Waals surface area contributed by atoms with Crippen molar-refractivity contribution in [2.24, 2.45) is 0 Å². The highest BCUT2D eigenvalue weighted by atomic mass is 127. The molecule has 0 saturated carbocycles. The van der Waals surface area contributed by atoms with Gasteiger partial charge in [-0.05, 0) is 29.4 Å². The van der Waals surface area contributed by atoms with Crippen molar-refractivity contribution in [3.05, 3.63) is 59.9 Å². The molecule has 1 amide bonds. The van der Waals surface area contributed by atoms with E-state index in [2.05, 4.69) is 44.8 Å². The lowest BCUT2D eigenvalue weighted by molar-refractivity contribution is -0.112. The molecule has 5 nitrogen and oxygen atoms in total. The van der Waals surface area contributed by atoms with Crippen LogP contribution < -0.4 is 15.0 Å². The maximum absolute atomic E-state index is 12.8. The summed E-state index contributed by atoms with van der Waals surface area (Å²) in [5, 5.41) is 3.05. The van der Waals surface area contributed by atoms with E-state index in [0.29, 0.717) is 18.1 Å². The van der Waals surface area contributed by atoms with E-state index in [1.165, 1.54) is 6.42 Å². The van der Waals surface area contributed by atoms with Crippen LogP contribution in [0.4, 0.5) is 11.4 Å². The number of anilines is 2. The highest BCUT2D eigenvalue weighted by Crippen LogP contribution is 2.38. The number of nitrogens with zero attached hydrogens (tertiary/aromatic N) is 2. The number of allylic oxidation sites excluding steroid dienone is 6. The minimum Gasteiger partial charge on any atom is -0.477 e. The molecule has 1 N–H and O–H groups in total. The summed E-state index contributed by atoms with van der Waals surface area (Å²) in [4.78, 5) is 19.4. The zero-order valence-electron chi connectivity index (χ0n) is 15.5. The number of hydrogen-bond acceptors (Lipinski definition) is 4. The number of pyridine rings is 1. The fourth-order valence-electron chi connectivity index (χ4n) is 3.12. The van der Waals surface area contributed by atoms with Crippen molar-refractivity contribution in [1.29, 1.82) is 0 Å². The number of fused-ring (bicyclic) bond motifs is 1. The fourth-order valence-corrected chi connectivity index (χ4v) is 3.66. The van der Waals surface area contributed by atoms with Crippen LogP contribution in [0, 0.1) is 0 Å². The third-order valence-electron chi connectivity index (χ3n) is 4.47. The van der Waals surface area contributed by atoms with Gasteiger partial charge in [0.25, 0.3) is 5.91 Å². The van der Waals surface area contributed by atoms with Crippen molar-refractivity contribution in [3.8, 4) is 5.88 Å². The first kappa shape index (κ1) is 19.7. The number of carbonyl (C=O) groups excluding carboxylic acids is 1. The van der Waals surface area contributed by atoms with Gasteiger partial charge in [-0.3, -0.25) is 4.79 Å². The highest BCUT2D eigenvalue weighted by Gasteiger charge is 2.24. The zero-order valence-corrected chi connectivity index (χ0v) is 17.6. The summed E-state index contributed by atoms with van der Waals surface area (Å²) in [5.41, 5.74) is 3.43. The summed E-state index contributed by atoms with van der Waals surface area (Å²) >= 11 is 2.40. The fraction of sp³-hybridized carbons (Fsp3) is 0.333. The summed E-state index contributed by atoms with van der Waals surface area (Å²) in [6, 6.07) is 0. The Morgan fingerprint density at radius 1 is 1.26 bits per heavy atom. The van der Waals surface area contributed by atoms with Gasteiger partial charge in [0.05, 0.1) is 24.2 Å². The number of rotatable bonds is 7. The van der Waals surface area contributed by atoms with E-state index in [9.17, 15) is 4.79 Å². The largest absolute Gasteiger partial charge is 0.477 e. The number of halogens is 1. The molecule has 3 rings (SSSR count). The average molecular weight is 477 g/mol. The van der Waals surface area contributed by atoms with Gasteiger partial charge in [0, 0.05) is 31.1 Å². The molecule has 6 heteroatoms. The molecule has 0 bridgehead atoms. The van der Waals surface area contributed by atoms with E-state index in [-0.39, 0.29) is 5.91 Å². The Kier molecular flexibility index (Phi) is 7.09. The Balaban J connectivity index is 1.85. The molecule has 0 atom stereocenters. The van der Waals surface area contributed by atoms with Crippen molar-refractivity contribution in [2.45, 2.75) is 19.3 Å². The molecule has 1 aliphatic heterocycles. The Bertz CT molecular complexity index is 812. The van der Waals surface area contributed by atoms with Gasteiger partial charge in [-0.1, -0.05) is 53.0 Å². The Morgan fingerprint density at radius 2 is 2.07 bits per heavy atom. The molecule has 0 spiro atoms. The first-order chi connectivity index (χ1) is 13.2. The van der Waals surface area contributed by atoms with E-state index in [4.69, 9.17) is 4.74 Å². The maximum atomic E-state index is 12.8. The second kappa shape index (κ2) is 9.73. The molecule has 2 heterocycles. The van der Waals surface area contributed by atoms with Gasteiger partial charge >= 0.3 is 0 Å². The van der Waals surface area contributed by atoms with E-state index < -0.39 is 0 Å². The van der Waals surface area contributed by atoms with E-state index >= 15 is 0 Å². The summed E-state index contributed by atoms with van der Waals surface area (Å²) in [7, 11) is 2.07. The molecule has 2 aliphatic rings. The number of aromatic nitrogens is 1. The molecule has 1 aliphatic carbocycles. The van der Waals surface area contributed by atoms with E-state index in [1.807, 2.05) is 42.5 Å². The normalized spacial score (nSPS) is 17.2. The number of alkyl halides is 1. The molecule has 0 fully saturated rings. The number of nitrogens with one attached hydrogen (secondary N) is 1. The van der Waals surface area contributed by atoms with Gasteiger partial charge in [0.1, 0.15) is 0 Å². The SMILES string of the molecule is CN(CCCCI)c1c(NC(=O)C2=C/C=C\C=C/C=C2)cnc2c1CCO2. The Labute approximate surface area is 174 Å². The zero-order chi connectivity index (χ0) is 19.1. The molecule has 1 aromatic rings. The van der Waals surface area contributed by atoms with Gasteiger partial charge in [0.15, 0.2) is 0 Å². The van der Waals surface area contributed by atoms with Gasteiger partial charge in [-0.15, -0.1) is 0 Å². The molecular weight excluding hydrogens is 453 g/mol. The van der Waals surface area contributed by atoms with Crippen LogP contribution in [-0.2, 0) is 11.2 Å². The summed E-state index contributed by atoms with van der Waals surface area (Å²) < 4.78 is 6.78. The predicted molar refractivity (Wildman–Crippen MR) is 119 cm³/mol. The Morgan fingerprint density at radius 3 is 2.93 bits per heavy atom. The van der Waals surface area contributed by atoms with Crippen LogP contribution in [0.15, 0.2) is 54.3 Å². The number of hydrogen-bond donors (Lipinski definition) is 1. The molecule has 0 unspecified atom stereocenters. The molecule has 0 radical (unpaired) electrons. The highest BCUT2D eigenvalue weighted by molar-refractivity contribution is 14.1. The first-order valence-electron chi connectivity index (χ1n) is 9.15. The molecule has 1 aromatic heterocycles. The lowest BCUT2D eigenvalue weighted by Gasteiger charge is -2.24. The van der Waals surface area contributed by atoms with Crippen molar-refractivity contribution < 1.29 is 9.53 Å². The van der Waals surface area contributed by atoms with Crippen LogP contribution in [0.5, 0.6) is 5.88 Å². The van der Waals surface area contributed by atoms with Crippen molar-refractivity contribution >= 4 is 39.9 Å². The van der Waals surface area contributed by atoms with Crippen LogP contribution in [0.3, 0.4) is 0 Å².